The molecular weight excluding hydrogens is 655 g/mol. The zero-order chi connectivity index (χ0) is 32.9. The van der Waals surface area contributed by atoms with E-state index in [0.29, 0.717) is 0 Å². The van der Waals surface area contributed by atoms with Crippen molar-refractivity contribution in [2.45, 2.75) is 14.7 Å². The van der Waals surface area contributed by atoms with Crippen LogP contribution in [0.1, 0.15) is 0 Å². The molecule has 0 fully saturated rings. The highest BCUT2D eigenvalue weighted by Crippen LogP contribution is 2.43. The van der Waals surface area contributed by atoms with Crippen molar-refractivity contribution in [2.24, 2.45) is 20.5 Å². The molecule has 0 unspecified atom stereocenters. The van der Waals surface area contributed by atoms with Crippen molar-refractivity contribution in [3.63, 3.8) is 0 Å². The van der Waals surface area contributed by atoms with Crippen LogP contribution in [0, 0.1) is 0 Å². The van der Waals surface area contributed by atoms with Crippen LogP contribution in [0.3, 0.4) is 0 Å². The second-order valence-electron chi connectivity index (χ2n) is 9.34. The number of benzene rings is 5. The number of nitrogen functional groups attached to an aromatic ring is 1. The van der Waals surface area contributed by atoms with Gasteiger partial charge in [-0.15, -0.1) is 20.5 Å². The van der Waals surface area contributed by atoms with Gasteiger partial charge in [0.1, 0.15) is 22.0 Å². The predicted molar refractivity (Wildman–Crippen MR) is 160 cm³/mol. The van der Waals surface area contributed by atoms with E-state index in [4.69, 9.17) is 5.73 Å². The van der Waals surface area contributed by atoms with Gasteiger partial charge >= 0.3 is 0 Å². The molecule has 0 saturated carbocycles. The van der Waals surface area contributed by atoms with Crippen molar-refractivity contribution in [3.8, 4) is 11.5 Å². The molecule has 0 radical (unpaired) electrons. The van der Waals surface area contributed by atoms with Gasteiger partial charge in [0.25, 0.3) is 30.4 Å². The normalized spacial score (nSPS) is 13.0. The Bertz CT molecular complexity index is 2450. The summed E-state index contributed by atoms with van der Waals surface area (Å²) in [7, 11) is -14.3. The molecule has 0 bridgehead atoms. The van der Waals surface area contributed by atoms with E-state index >= 15 is 0 Å². The van der Waals surface area contributed by atoms with Crippen LogP contribution in [-0.2, 0) is 30.4 Å². The third-order valence-corrected chi connectivity index (χ3v) is 8.93. The summed E-state index contributed by atoms with van der Waals surface area (Å²) >= 11 is 0. The maximum atomic E-state index is 12.2. The van der Waals surface area contributed by atoms with E-state index in [1.807, 2.05) is 0 Å². The van der Waals surface area contributed by atoms with E-state index < -0.39 is 62.2 Å². The number of phenolic OH excluding ortho intramolecular Hbond substituents is 2. The molecule has 0 spiro atoms. The molecule has 0 amide bonds. The summed E-state index contributed by atoms with van der Waals surface area (Å²) < 4.78 is 99.8. The summed E-state index contributed by atoms with van der Waals surface area (Å²) in [5.41, 5.74) is 4.90. The van der Waals surface area contributed by atoms with Gasteiger partial charge < -0.3 is 15.9 Å². The third kappa shape index (κ3) is 6.43. The lowest BCUT2D eigenvalue weighted by Gasteiger charge is -2.10. The van der Waals surface area contributed by atoms with Crippen molar-refractivity contribution in [2.75, 3.05) is 5.73 Å². The molecule has 0 saturated heterocycles. The number of azo groups is 2. The molecule has 5 aromatic carbocycles. The van der Waals surface area contributed by atoms with Crippen molar-refractivity contribution in [1.82, 2.24) is 0 Å². The van der Waals surface area contributed by atoms with Gasteiger partial charge in [0.05, 0.1) is 21.2 Å². The number of anilines is 1. The first-order valence-electron chi connectivity index (χ1n) is 12.1. The fourth-order valence-corrected chi connectivity index (χ4v) is 5.90. The van der Waals surface area contributed by atoms with Crippen molar-refractivity contribution in [3.05, 3.63) is 72.8 Å². The molecule has 0 aromatic heterocycles. The summed E-state index contributed by atoms with van der Waals surface area (Å²) in [4.78, 5) is -1.93. The summed E-state index contributed by atoms with van der Waals surface area (Å²) in [5, 5.41) is 37.0. The van der Waals surface area contributed by atoms with Crippen LogP contribution in [0.15, 0.2) is 108 Å². The molecule has 0 atom stereocenters. The molecule has 0 aliphatic carbocycles. The van der Waals surface area contributed by atoms with Gasteiger partial charge in [-0.2, -0.15) is 25.3 Å². The van der Waals surface area contributed by atoms with E-state index in [1.165, 1.54) is 36.4 Å². The van der Waals surface area contributed by atoms with Gasteiger partial charge in [-0.05, 0) is 66.0 Å². The minimum Gasteiger partial charge on any atom is -0.506 e. The highest BCUT2D eigenvalue weighted by atomic mass is 32.2. The molecule has 0 aliphatic heterocycles. The van der Waals surface area contributed by atoms with E-state index in [0.717, 1.165) is 36.4 Å². The SMILES string of the molecule is Nc1ccc2cc(S(=O)(=O)O)c(N=Nc3ccc(N=Nc4cc(S(=O)(=O)O)ccc4O)c4ccc(S(=O)(=O)O)cc34)c(O)c2c1. The van der Waals surface area contributed by atoms with Crippen LogP contribution in [-0.4, -0.2) is 49.1 Å². The lowest BCUT2D eigenvalue weighted by atomic mass is 10.1. The molecule has 0 heterocycles. The van der Waals surface area contributed by atoms with Gasteiger partial charge in [-0.25, -0.2) is 0 Å². The molecule has 16 nitrogen and oxygen atoms in total. The molecule has 232 valence electrons. The largest absolute Gasteiger partial charge is 0.506 e. The monoisotopic (exact) mass is 673 g/mol. The number of aromatic hydroxyl groups is 2. The van der Waals surface area contributed by atoms with Crippen molar-refractivity contribution >= 4 is 80.3 Å². The minimum absolute atomic E-state index is 0.0187. The van der Waals surface area contributed by atoms with Crippen LogP contribution >= 0.6 is 0 Å². The standard InChI is InChI=1S/C26H19N5O11S3/c27-14-2-1-13-9-24(45(40,41)42)25(26(33)18(13)10-14)31-29-21-7-6-20(17-5-3-15(11-19(17)21)43(34,35)36)28-30-22-12-16(44(37,38)39)4-8-23(22)32/h1-12,32-33H,27H2,(H,34,35,36)(H,37,38,39)(H,40,41,42). The summed E-state index contributed by atoms with van der Waals surface area (Å²) in [6, 6.07) is 13.8. The molecule has 45 heavy (non-hydrogen) atoms. The van der Waals surface area contributed by atoms with Crippen LogP contribution in [0.4, 0.5) is 28.4 Å². The molecule has 5 rings (SSSR count). The Balaban J connectivity index is 1.70. The fraction of sp³-hybridized carbons (Fsp3) is 0. The summed E-state index contributed by atoms with van der Waals surface area (Å²) in [5.74, 6) is -1.17. The average molecular weight is 674 g/mol. The van der Waals surface area contributed by atoms with E-state index in [2.05, 4.69) is 20.5 Å². The average Bonchev–Trinajstić information content (AvgIpc) is 2.95. The number of hydrogen-bond donors (Lipinski definition) is 6. The Labute approximate surface area is 254 Å². The van der Waals surface area contributed by atoms with Crippen LogP contribution in [0.5, 0.6) is 11.5 Å². The maximum Gasteiger partial charge on any atom is 0.296 e. The topological polar surface area (TPSA) is 279 Å². The zero-order valence-electron chi connectivity index (χ0n) is 22.2. The van der Waals surface area contributed by atoms with Crippen LogP contribution in [0.25, 0.3) is 21.5 Å². The third-order valence-electron chi connectivity index (χ3n) is 6.36. The van der Waals surface area contributed by atoms with Crippen LogP contribution < -0.4 is 5.73 Å². The summed E-state index contributed by atoms with van der Waals surface area (Å²) in [6.45, 7) is 0. The van der Waals surface area contributed by atoms with Gasteiger partial charge in [0, 0.05) is 21.8 Å². The van der Waals surface area contributed by atoms with Crippen LogP contribution in [0.2, 0.25) is 0 Å². The Morgan fingerprint density at radius 3 is 1.76 bits per heavy atom. The summed E-state index contributed by atoms with van der Waals surface area (Å²) in [6.07, 6.45) is 0. The van der Waals surface area contributed by atoms with Gasteiger partial charge in [-0.1, -0.05) is 12.1 Å². The first kappa shape index (κ1) is 31.4. The zero-order valence-corrected chi connectivity index (χ0v) is 24.7. The van der Waals surface area contributed by atoms with E-state index in [1.54, 1.807) is 0 Å². The highest BCUT2D eigenvalue weighted by Gasteiger charge is 2.22. The first-order valence-corrected chi connectivity index (χ1v) is 16.5. The first-order chi connectivity index (χ1) is 20.9. The van der Waals surface area contributed by atoms with Gasteiger partial charge in [0.2, 0.25) is 0 Å². The minimum atomic E-state index is -4.95. The van der Waals surface area contributed by atoms with E-state index in [9.17, 15) is 49.1 Å². The smallest absolute Gasteiger partial charge is 0.296 e. The molecular formula is C26H19N5O11S3. The molecule has 19 heteroatoms. The molecule has 0 aliphatic rings. The Morgan fingerprint density at radius 2 is 1.11 bits per heavy atom. The number of fused-ring (bicyclic) bond motifs is 2. The lowest BCUT2D eigenvalue weighted by molar-refractivity contribution is 0.472. The van der Waals surface area contributed by atoms with Gasteiger partial charge in [-0.3, -0.25) is 13.7 Å². The Morgan fingerprint density at radius 1 is 0.533 bits per heavy atom. The quantitative estimate of drug-likeness (QED) is 0.0704. The van der Waals surface area contributed by atoms with Crippen molar-refractivity contribution in [1.29, 1.82) is 0 Å². The second kappa shape index (κ2) is 11.1. The Hall–Kier alpha value is -5.05. The highest BCUT2D eigenvalue weighted by molar-refractivity contribution is 7.86. The number of hydrogen-bond acceptors (Lipinski definition) is 13. The van der Waals surface area contributed by atoms with Crippen molar-refractivity contribution < 1.29 is 49.1 Å². The fourth-order valence-electron chi connectivity index (χ4n) is 4.24. The number of nitrogens with two attached hydrogens (primary N) is 1. The predicted octanol–water partition coefficient (Wildman–Crippen LogP) is 5.56. The second-order valence-corrected chi connectivity index (χ2v) is 13.6. The molecule has 7 N–H and O–H groups in total. The number of phenols is 2. The van der Waals surface area contributed by atoms with Gasteiger partial charge in [0.15, 0.2) is 5.75 Å². The molecule has 5 aromatic rings. The lowest BCUT2D eigenvalue weighted by Crippen LogP contribution is -1.99. The van der Waals surface area contributed by atoms with E-state index in [-0.39, 0.29) is 44.3 Å². The Kier molecular flexibility index (Phi) is 7.77. The number of rotatable bonds is 7. The number of nitrogens with zero attached hydrogens (tertiary/aromatic N) is 4. The maximum absolute atomic E-state index is 12.2.